The van der Waals surface area contributed by atoms with Crippen molar-refractivity contribution < 1.29 is 82.1 Å². The Kier molecular flexibility index (Phi) is 35.3. The zero-order valence-electron chi connectivity index (χ0n) is 46.9. The average Bonchev–Trinajstić information content (AvgIpc) is 3.74. The quantitative estimate of drug-likeness (QED) is 0.0255. The van der Waals surface area contributed by atoms with Crippen LogP contribution in [-0.2, 0) is 71.9 Å². The van der Waals surface area contributed by atoms with Crippen LogP contribution in [0.4, 0.5) is 0 Å². The number of nitrogens with zero attached hydrogens (tertiary/aromatic N) is 1. The molecule has 0 bridgehead atoms. The standard InChI is InChI=1S/C47H79N15O17S6/c1-19(2)10-24(55-38(69)23(7-8-32(49)64)54-40(71)26(14-81)58-37(68)22(48)13-80)39(70)59-28(16-83)42(73)60-27(15-82)41(72)56-25(11-33(50)65)46(77)62-9-5-6-31(62)44(75)52-20(3)36(67)57-29(17-84)43(74)61-35(21(4)63)45(76)51-12-34(66)53-30(18-85)47(78)79/h19-31,35,63,80-85H,5-18,48H2,1-4H3,(H2,49,64)(H2,50,65)(H,51,76)(H,52,75)(H,53,66)(H,54,71)(H,55,69)(H,56,72)(H,57,67)(H,58,68)(H,59,70)(H,60,73)(H,61,74)(H,78,79)/t20-,21+,22-,23-,24-,25-,26-,27-,28-,29-,30-,31-,35-/m0/s1. The van der Waals surface area contributed by atoms with Crippen LogP contribution >= 0.6 is 75.8 Å². The second-order valence-corrected chi connectivity index (χ2v) is 21.9. The van der Waals surface area contributed by atoms with E-state index in [2.05, 4.69) is 134 Å². The van der Waals surface area contributed by atoms with Crippen molar-refractivity contribution in [2.45, 2.75) is 145 Å². The van der Waals surface area contributed by atoms with Gasteiger partial charge in [-0.3, -0.25) is 67.1 Å². The first-order chi connectivity index (χ1) is 39.8. The van der Waals surface area contributed by atoms with Gasteiger partial charge >= 0.3 is 5.97 Å². The zero-order chi connectivity index (χ0) is 65.0. The van der Waals surface area contributed by atoms with E-state index in [4.69, 9.17) is 22.3 Å². The Morgan fingerprint density at radius 2 is 0.953 bits per heavy atom. The summed E-state index contributed by atoms with van der Waals surface area (Å²) in [4.78, 5) is 196. The van der Waals surface area contributed by atoms with Crippen molar-refractivity contribution in [1.82, 2.24) is 63.4 Å². The second kappa shape index (κ2) is 39.0. The number of carboxylic acid groups (broad SMARTS) is 1. The van der Waals surface area contributed by atoms with E-state index in [1.807, 2.05) is 0 Å². The molecule has 0 aromatic carbocycles. The van der Waals surface area contributed by atoms with E-state index in [1.165, 1.54) is 6.92 Å². The molecule has 13 atom stereocenters. The van der Waals surface area contributed by atoms with E-state index in [0.29, 0.717) is 0 Å². The Bertz CT molecular complexity index is 2420. The lowest BCUT2D eigenvalue weighted by Crippen LogP contribution is -2.61. The van der Waals surface area contributed by atoms with Crippen LogP contribution in [-0.4, -0.2) is 230 Å². The fourth-order valence-corrected chi connectivity index (χ4v) is 9.14. The van der Waals surface area contributed by atoms with E-state index in [9.17, 15) is 77.0 Å². The van der Waals surface area contributed by atoms with E-state index < -0.39 is 192 Å². The topological polar surface area (TPSA) is 510 Å². The number of carboxylic acids is 1. The van der Waals surface area contributed by atoms with Gasteiger partial charge in [0.05, 0.1) is 25.1 Å². The number of aliphatic hydroxyl groups excluding tert-OH is 1. The average molecular weight is 1320 g/mol. The highest BCUT2D eigenvalue weighted by Crippen LogP contribution is 2.20. The summed E-state index contributed by atoms with van der Waals surface area (Å²) in [7, 11) is 0. The van der Waals surface area contributed by atoms with E-state index in [0.717, 1.165) is 11.8 Å². The van der Waals surface area contributed by atoms with Gasteiger partial charge in [0, 0.05) is 47.5 Å². The summed E-state index contributed by atoms with van der Waals surface area (Å²) in [6, 6.07) is -17.2. The predicted molar refractivity (Wildman–Crippen MR) is 325 cm³/mol. The van der Waals surface area contributed by atoms with Gasteiger partial charge in [-0.25, -0.2) is 4.79 Å². The summed E-state index contributed by atoms with van der Waals surface area (Å²) >= 11 is 24.3. The number of carbonyl (C=O) groups is 15. The molecule has 32 nitrogen and oxygen atoms in total. The molecule has 1 saturated heterocycles. The molecular formula is C47H79N15O17S6. The van der Waals surface area contributed by atoms with Gasteiger partial charge in [0.15, 0.2) is 0 Å². The lowest BCUT2D eigenvalue weighted by atomic mass is 10.0. The minimum Gasteiger partial charge on any atom is -0.480 e. The Balaban J connectivity index is 3.17. The Labute approximate surface area is 522 Å². The third kappa shape index (κ3) is 26.7. The van der Waals surface area contributed by atoms with Crippen molar-refractivity contribution in [2.24, 2.45) is 23.1 Å². The van der Waals surface area contributed by atoms with Gasteiger partial charge in [-0.05, 0) is 45.4 Å². The third-order valence-corrected chi connectivity index (χ3v) is 14.6. The van der Waals surface area contributed by atoms with Crippen LogP contribution in [0.25, 0.3) is 0 Å². The van der Waals surface area contributed by atoms with Gasteiger partial charge in [0.1, 0.15) is 66.5 Å². The van der Waals surface area contributed by atoms with Crippen LogP contribution in [0.2, 0.25) is 0 Å². The molecule has 0 saturated carbocycles. The van der Waals surface area contributed by atoms with Crippen LogP contribution in [0.5, 0.6) is 0 Å². The Hall–Kier alpha value is -5.93. The fourth-order valence-electron chi connectivity index (χ4n) is 7.70. The Morgan fingerprint density at radius 3 is 1.40 bits per heavy atom. The van der Waals surface area contributed by atoms with E-state index >= 15 is 0 Å². The third-order valence-electron chi connectivity index (χ3n) is 12.4. The van der Waals surface area contributed by atoms with Crippen molar-refractivity contribution in [3.05, 3.63) is 0 Å². The van der Waals surface area contributed by atoms with Crippen molar-refractivity contribution in [1.29, 1.82) is 0 Å². The van der Waals surface area contributed by atoms with Crippen LogP contribution in [0.15, 0.2) is 0 Å². The smallest absolute Gasteiger partial charge is 0.327 e. The molecule has 14 amide bonds. The molecule has 0 spiro atoms. The molecule has 19 N–H and O–H groups in total. The number of nitrogens with one attached hydrogen (secondary N) is 11. The second-order valence-electron chi connectivity index (χ2n) is 19.8. The molecule has 1 rings (SSSR count). The summed E-state index contributed by atoms with van der Waals surface area (Å²) in [6.45, 7) is 4.98. The number of rotatable bonds is 38. The molecule has 0 radical (unpaired) electrons. The number of aliphatic hydroxyl groups is 1. The lowest BCUT2D eigenvalue weighted by molar-refractivity contribution is -0.143. The molecule has 0 aromatic rings. The van der Waals surface area contributed by atoms with Crippen LogP contribution < -0.4 is 75.7 Å². The van der Waals surface area contributed by atoms with Crippen LogP contribution in [0.1, 0.15) is 66.2 Å². The van der Waals surface area contributed by atoms with Crippen molar-refractivity contribution in [3.63, 3.8) is 0 Å². The van der Waals surface area contributed by atoms with Crippen molar-refractivity contribution in [2.75, 3.05) is 47.6 Å². The molecule has 1 heterocycles. The van der Waals surface area contributed by atoms with Gasteiger partial charge in [0.25, 0.3) is 0 Å². The van der Waals surface area contributed by atoms with Crippen LogP contribution in [0.3, 0.4) is 0 Å². The number of amides is 14. The maximum Gasteiger partial charge on any atom is 0.327 e. The van der Waals surface area contributed by atoms with Gasteiger partial charge in [0.2, 0.25) is 82.7 Å². The predicted octanol–water partition coefficient (Wildman–Crippen LogP) is -8.48. The summed E-state index contributed by atoms with van der Waals surface area (Å²) in [5, 5.41) is 45.2. The van der Waals surface area contributed by atoms with Crippen molar-refractivity contribution >= 4 is 164 Å². The number of nitrogens with two attached hydrogens (primary N) is 3. The monoisotopic (exact) mass is 1320 g/mol. The highest BCUT2D eigenvalue weighted by molar-refractivity contribution is 7.81. The first kappa shape index (κ1) is 77.1. The number of aliphatic carboxylic acids is 1. The molecular weight excluding hydrogens is 1240 g/mol. The van der Waals surface area contributed by atoms with Gasteiger partial charge in [-0.15, -0.1) is 0 Å². The largest absolute Gasteiger partial charge is 0.480 e. The lowest BCUT2D eigenvalue weighted by Gasteiger charge is -2.30. The molecule has 0 aliphatic carbocycles. The zero-order valence-corrected chi connectivity index (χ0v) is 52.2. The Morgan fingerprint density at radius 1 is 0.518 bits per heavy atom. The number of carbonyl (C=O) groups excluding carboxylic acids is 14. The van der Waals surface area contributed by atoms with Gasteiger partial charge in [-0.1, -0.05) is 13.8 Å². The SMILES string of the molecule is CC(C)C[C@H](NC(=O)[C@H](CCC(N)=O)NC(=O)[C@H](CS)NC(=O)[C@@H](N)CS)C(=O)N[C@@H](CS)C(=O)N[C@@H](CS)C(=O)N[C@@H](CC(N)=O)C(=O)N1CCC[C@H]1C(=O)N[C@@H](C)C(=O)N[C@@H](CS)C(=O)N[C@H](C(=O)NCC(=O)N[C@@H](CS)C(=O)O)[C@@H](C)O. The van der Waals surface area contributed by atoms with Crippen molar-refractivity contribution in [3.8, 4) is 0 Å². The highest BCUT2D eigenvalue weighted by atomic mass is 32.1. The number of hydrogen-bond donors (Lipinski definition) is 22. The fraction of sp³-hybridized carbons (Fsp3) is 0.681. The first-order valence-corrected chi connectivity index (χ1v) is 30.1. The van der Waals surface area contributed by atoms with Gasteiger partial charge < -0.3 is 90.8 Å². The molecule has 85 heavy (non-hydrogen) atoms. The van der Waals surface area contributed by atoms with Crippen LogP contribution in [0, 0.1) is 5.92 Å². The number of likely N-dealkylation sites (tertiary alicyclic amines) is 1. The normalized spacial score (nSPS) is 17.1. The minimum absolute atomic E-state index is 0.0312. The molecule has 38 heteroatoms. The molecule has 0 unspecified atom stereocenters. The molecule has 1 fully saturated rings. The summed E-state index contributed by atoms with van der Waals surface area (Å²) in [5.74, 6) is -16.6. The summed E-state index contributed by atoms with van der Waals surface area (Å²) in [5.41, 5.74) is 16.5. The first-order valence-electron chi connectivity index (χ1n) is 26.3. The molecule has 480 valence electrons. The maximum atomic E-state index is 14.1. The molecule has 0 aromatic heterocycles. The summed E-state index contributed by atoms with van der Waals surface area (Å²) < 4.78 is 0. The summed E-state index contributed by atoms with van der Waals surface area (Å²) in [6.07, 6.45) is -2.84. The number of primary amides is 2. The van der Waals surface area contributed by atoms with E-state index in [1.54, 1.807) is 13.8 Å². The van der Waals surface area contributed by atoms with Gasteiger partial charge in [-0.2, -0.15) is 75.8 Å². The maximum absolute atomic E-state index is 14.1. The highest BCUT2D eigenvalue weighted by Gasteiger charge is 2.41. The number of hydrogen-bond acceptors (Lipinski definition) is 23. The molecule has 1 aliphatic rings. The minimum atomic E-state index is -1.73. The molecule has 1 aliphatic heterocycles. The number of thiol groups is 6. The van der Waals surface area contributed by atoms with E-state index in [-0.39, 0.29) is 66.9 Å².